The molecule has 3 atom stereocenters. The summed E-state index contributed by atoms with van der Waals surface area (Å²) in [7, 11) is 0. The highest BCUT2D eigenvalue weighted by molar-refractivity contribution is 6.16. The van der Waals surface area contributed by atoms with Gasteiger partial charge in [0, 0.05) is 44.3 Å². The van der Waals surface area contributed by atoms with Crippen LogP contribution in [0.5, 0.6) is 0 Å². The van der Waals surface area contributed by atoms with Gasteiger partial charge in [0.25, 0.3) is 0 Å². The van der Waals surface area contributed by atoms with Crippen molar-refractivity contribution in [1.29, 1.82) is 0 Å². The first-order valence-corrected chi connectivity index (χ1v) is 21.3. The number of aromatic nitrogens is 1. The van der Waals surface area contributed by atoms with Crippen LogP contribution in [-0.4, -0.2) is 4.57 Å². The molecule has 0 saturated heterocycles. The Hall–Kier alpha value is -7.42. The second kappa shape index (κ2) is 11.0. The molecular weight excluding hydrogens is 727 g/mol. The Morgan fingerprint density at radius 2 is 1.17 bits per heavy atom. The molecule has 60 heavy (non-hydrogen) atoms. The van der Waals surface area contributed by atoms with Gasteiger partial charge in [-0.15, -0.1) is 0 Å². The Morgan fingerprint density at radius 3 is 2.07 bits per heavy atom. The van der Waals surface area contributed by atoms with Crippen molar-refractivity contribution in [3.05, 3.63) is 233 Å². The number of para-hydroxylation sites is 3. The lowest BCUT2D eigenvalue weighted by Gasteiger charge is -2.34. The smallest absolute Gasteiger partial charge is 0.143 e. The van der Waals surface area contributed by atoms with Crippen LogP contribution in [0, 0.1) is 0 Å². The lowest BCUT2D eigenvalue weighted by atomic mass is 9.67. The molecule has 2 aromatic heterocycles. The predicted octanol–water partition coefficient (Wildman–Crippen LogP) is 14.5. The minimum Gasteiger partial charge on any atom is -0.455 e. The third-order valence-corrected chi connectivity index (χ3v) is 14.8. The number of hydrogen-bond donors (Lipinski definition) is 0. The van der Waals surface area contributed by atoms with E-state index in [1.165, 1.54) is 116 Å². The Kier molecular flexibility index (Phi) is 5.78. The maximum absolute atomic E-state index is 7.01. The molecule has 0 aliphatic heterocycles. The molecule has 0 saturated carbocycles. The van der Waals surface area contributed by atoms with E-state index in [1.807, 2.05) is 0 Å². The van der Waals surface area contributed by atoms with Gasteiger partial charge in [0.05, 0.1) is 16.4 Å². The van der Waals surface area contributed by atoms with Crippen LogP contribution < -0.4 is 0 Å². The third kappa shape index (κ3) is 3.61. The van der Waals surface area contributed by atoms with Crippen molar-refractivity contribution in [2.75, 3.05) is 0 Å². The first-order chi connectivity index (χ1) is 29.8. The fourth-order valence-corrected chi connectivity index (χ4v) is 12.7. The molecule has 4 aliphatic rings. The average Bonchev–Trinajstić information content (AvgIpc) is 3.98. The zero-order chi connectivity index (χ0) is 38.8. The van der Waals surface area contributed by atoms with Crippen LogP contribution in [0.2, 0.25) is 0 Å². The molecule has 2 nitrogen and oxygen atoms in total. The molecule has 2 bridgehead atoms. The number of hydrogen-bond acceptors (Lipinski definition) is 1. The standard InChI is InChI=1S/C58H35NO/c1-3-13-33(14-4-1)46-31-34-24-26-44-40-19-9-12-22-50(40)60-57(44)52(34)45-30-28-41-37-17-7-10-20-47(37)58-48-32-35(51(46)53(45)54(41)58)23-25-38(48)42-27-29-43-39-18-8-11-21-49(39)59(56(43)55(42)58)36-15-5-2-6-16-36/h1-30,32,46,51H,31H2. The molecule has 0 N–H and O–H groups in total. The maximum atomic E-state index is 7.01. The van der Waals surface area contributed by atoms with Gasteiger partial charge in [-0.3, -0.25) is 0 Å². The van der Waals surface area contributed by atoms with Crippen LogP contribution in [0.1, 0.15) is 56.3 Å². The van der Waals surface area contributed by atoms with E-state index in [-0.39, 0.29) is 11.8 Å². The van der Waals surface area contributed by atoms with E-state index in [0.717, 1.165) is 17.6 Å². The van der Waals surface area contributed by atoms with Crippen LogP contribution in [0.4, 0.5) is 0 Å². The van der Waals surface area contributed by atoms with Crippen LogP contribution in [0.15, 0.2) is 192 Å². The summed E-state index contributed by atoms with van der Waals surface area (Å²) < 4.78 is 9.58. The van der Waals surface area contributed by atoms with Gasteiger partial charge in [-0.1, -0.05) is 164 Å². The summed E-state index contributed by atoms with van der Waals surface area (Å²) in [6, 6.07) is 71.3. The molecule has 1 spiro atoms. The summed E-state index contributed by atoms with van der Waals surface area (Å²) in [4.78, 5) is 0. The van der Waals surface area contributed by atoms with Crippen molar-refractivity contribution in [2.24, 2.45) is 0 Å². The van der Waals surface area contributed by atoms with Crippen LogP contribution in [-0.2, 0) is 11.8 Å². The van der Waals surface area contributed by atoms with E-state index in [4.69, 9.17) is 4.42 Å². The quantitative estimate of drug-likeness (QED) is 0.172. The topological polar surface area (TPSA) is 18.1 Å². The summed E-state index contributed by atoms with van der Waals surface area (Å²) in [6.45, 7) is 0. The molecule has 4 aliphatic carbocycles. The van der Waals surface area contributed by atoms with Gasteiger partial charge in [0.2, 0.25) is 0 Å². The van der Waals surface area contributed by atoms with Crippen molar-refractivity contribution in [2.45, 2.75) is 23.7 Å². The molecule has 3 unspecified atom stereocenters. The number of nitrogens with zero attached hydrogens (tertiary/aromatic N) is 1. The number of fused-ring (bicyclic) bond motifs is 16. The normalized spacial score (nSPS) is 18.7. The summed E-state index contributed by atoms with van der Waals surface area (Å²) in [5.74, 6) is 0.303. The predicted molar refractivity (Wildman–Crippen MR) is 245 cm³/mol. The van der Waals surface area contributed by atoms with Crippen molar-refractivity contribution < 1.29 is 4.42 Å². The molecule has 11 aromatic rings. The Balaban J connectivity index is 1.18. The Morgan fingerprint density at radius 1 is 0.483 bits per heavy atom. The van der Waals surface area contributed by atoms with E-state index in [0.29, 0.717) is 0 Å². The summed E-state index contributed by atoms with van der Waals surface area (Å²) >= 11 is 0. The monoisotopic (exact) mass is 761 g/mol. The summed E-state index contributed by atoms with van der Waals surface area (Å²) in [5.41, 5.74) is 24.2. The number of rotatable bonds is 2. The molecule has 2 heteroatoms. The Labute approximate surface area is 346 Å². The second-order valence-electron chi connectivity index (χ2n) is 17.4. The number of benzene rings is 9. The van der Waals surface area contributed by atoms with Gasteiger partial charge in [-0.05, 0) is 103 Å². The first-order valence-electron chi connectivity index (χ1n) is 21.3. The van der Waals surface area contributed by atoms with Gasteiger partial charge in [-0.2, -0.15) is 0 Å². The van der Waals surface area contributed by atoms with E-state index in [1.54, 1.807) is 0 Å². The SMILES string of the molecule is c1ccc(C2Cc3ccc4c(oc5ccccc54)c3-c3ccc4c5c3C2c2ccc3c(c2)C5(c2ccccc2-4)c2c-3ccc3c4ccccc4n(-c4ccccc4)c23)cc1. The molecule has 0 radical (unpaired) electrons. The zero-order valence-electron chi connectivity index (χ0n) is 32.6. The molecule has 9 aromatic carbocycles. The van der Waals surface area contributed by atoms with Crippen molar-refractivity contribution in [3.63, 3.8) is 0 Å². The highest BCUT2D eigenvalue weighted by Gasteiger charge is 2.57. The summed E-state index contributed by atoms with van der Waals surface area (Å²) in [5, 5.41) is 4.92. The highest BCUT2D eigenvalue weighted by Crippen LogP contribution is 2.69. The molecular formula is C58H35NO. The molecule has 0 amide bonds. The zero-order valence-corrected chi connectivity index (χ0v) is 32.6. The maximum Gasteiger partial charge on any atom is 0.143 e. The fraction of sp³-hybridized carbons (Fsp3) is 0.0690. The number of furan rings is 1. The van der Waals surface area contributed by atoms with Gasteiger partial charge >= 0.3 is 0 Å². The van der Waals surface area contributed by atoms with Crippen LogP contribution in [0.3, 0.4) is 0 Å². The third-order valence-electron chi connectivity index (χ3n) is 14.8. The van der Waals surface area contributed by atoms with Gasteiger partial charge in [0.1, 0.15) is 11.2 Å². The second-order valence-corrected chi connectivity index (χ2v) is 17.4. The van der Waals surface area contributed by atoms with Crippen LogP contribution >= 0.6 is 0 Å². The van der Waals surface area contributed by atoms with Crippen LogP contribution in [0.25, 0.3) is 82.8 Å². The van der Waals surface area contributed by atoms with E-state index < -0.39 is 5.41 Å². The molecule has 2 heterocycles. The highest BCUT2D eigenvalue weighted by atomic mass is 16.3. The minimum absolute atomic E-state index is 0.105. The lowest BCUT2D eigenvalue weighted by Crippen LogP contribution is -2.28. The van der Waals surface area contributed by atoms with Crippen molar-refractivity contribution in [3.8, 4) is 39.1 Å². The molecule has 0 fully saturated rings. The molecule has 278 valence electrons. The van der Waals surface area contributed by atoms with Crippen molar-refractivity contribution >= 4 is 43.7 Å². The van der Waals surface area contributed by atoms with Gasteiger partial charge in [0.15, 0.2) is 0 Å². The van der Waals surface area contributed by atoms with E-state index in [2.05, 4.69) is 193 Å². The first kappa shape index (κ1) is 31.6. The Bertz CT molecular complexity index is 3700. The largest absolute Gasteiger partial charge is 0.455 e. The van der Waals surface area contributed by atoms with E-state index in [9.17, 15) is 0 Å². The van der Waals surface area contributed by atoms with Gasteiger partial charge < -0.3 is 8.98 Å². The molecule has 15 rings (SSSR count). The average molecular weight is 762 g/mol. The van der Waals surface area contributed by atoms with Gasteiger partial charge in [-0.25, -0.2) is 0 Å². The fourth-order valence-electron chi connectivity index (χ4n) is 12.7. The minimum atomic E-state index is -0.555. The lowest BCUT2D eigenvalue weighted by molar-refractivity contribution is 0.604. The van der Waals surface area contributed by atoms with Crippen molar-refractivity contribution in [1.82, 2.24) is 4.57 Å². The van der Waals surface area contributed by atoms with E-state index >= 15 is 0 Å². The summed E-state index contributed by atoms with van der Waals surface area (Å²) in [6.07, 6.45) is 0.903.